The van der Waals surface area contributed by atoms with Crippen molar-refractivity contribution < 1.29 is 100 Å². The van der Waals surface area contributed by atoms with Crippen LogP contribution in [0.25, 0.3) is 0 Å². The molecule has 3 unspecified atom stereocenters. The fraction of sp³-hybridized carbons (Fsp3) is 0.446. The van der Waals surface area contributed by atoms with E-state index in [-0.39, 0.29) is 75.8 Å². The smallest absolute Gasteiger partial charge is 0.330 e. The molecule has 1 heterocycles. The lowest BCUT2D eigenvalue weighted by molar-refractivity contribution is -0.156. The summed E-state index contributed by atoms with van der Waals surface area (Å²) in [6.07, 6.45) is 3.07. The van der Waals surface area contributed by atoms with Crippen LogP contribution in [-0.4, -0.2) is 111 Å². The molecule has 478 valence electrons. The van der Waals surface area contributed by atoms with Gasteiger partial charge in [-0.05, 0) is 120 Å². The van der Waals surface area contributed by atoms with Crippen LogP contribution in [0, 0.1) is 46.3 Å². The maximum absolute atomic E-state index is 13.7. The molecule has 0 amide bonds. The number of esters is 10. The van der Waals surface area contributed by atoms with E-state index in [0.717, 1.165) is 46.8 Å². The number of carbonyl (C=O) groups is 10. The summed E-state index contributed by atoms with van der Waals surface area (Å²) in [5, 5.41) is 19.4. The molecule has 0 bridgehead atoms. The van der Waals surface area contributed by atoms with E-state index in [1.54, 1.807) is 69.3 Å². The molecule has 0 aromatic heterocycles. The first-order chi connectivity index (χ1) is 43.2. The van der Waals surface area contributed by atoms with Gasteiger partial charge in [0.1, 0.15) is 66.1 Å². The van der Waals surface area contributed by atoms with Crippen LogP contribution in [-0.2, 0) is 93.9 Å². The average molecular weight is 1280 g/mol. The normalized spacial score (nSPS) is 17.5. The van der Waals surface area contributed by atoms with Crippen molar-refractivity contribution in [2.24, 2.45) is 23.7 Å². The lowest BCUT2D eigenvalue weighted by Gasteiger charge is -2.26. The molecule has 3 aromatic rings. The van der Waals surface area contributed by atoms with Crippen molar-refractivity contribution in [2.75, 3.05) is 33.0 Å². The highest BCUT2D eigenvalue weighted by Crippen LogP contribution is 2.59. The van der Waals surface area contributed by atoms with Gasteiger partial charge in [0.15, 0.2) is 0 Å². The highest BCUT2D eigenvalue weighted by molar-refractivity contribution is 8.24. The molecule has 2 fully saturated rings. The minimum atomic E-state index is -0.675. The van der Waals surface area contributed by atoms with Crippen LogP contribution in [0.3, 0.4) is 0 Å². The molecule has 2 saturated carbocycles. The zero-order chi connectivity index (χ0) is 65.1. The number of hydrogen-bond acceptors (Lipinski definition) is 25. The molecule has 3 aromatic carbocycles. The lowest BCUT2D eigenvalue weighted by atomic mass is 9.82. The first kappa shape index (κ1) is 70.3. The van der Waals surface area contributed by atoms with E-state index in [2.05, 4.69) is 13.2 Å². The zero-order valence-electron chi connectivity index (χ0n) is 50.1. The highest BCUT2D eigenvalue weighted by atomic mass is 32.2. The van der Waals surface area contributed by atoms with Gasteiger partial charge in [-0.25, -0.2) is 9.59 Å². The van der Waals surface area contributed by atoms with Gasteiger partial charge in [-0.3, -0.25) is 38.4 Å². The molecular formula is C65H70N2O21S2. The van der Waals surface area contributed by atoms with E-state index in [1.807, 2.05) is 12.1 Å². The topological polar surface area (TPSA) is 320 Å². The molecule has 0 radical (unpaired) electrons. The fourth-order valence-electron chi connectivity index (χ4n) is 9.27. The van der Waals surface area contributed by atoms with Crippen molar-refractivity contribution in [1.82, 2.24) is 0 Å². The maximum atomic E-state index is 13.7. The monoisotopic (exact) mass is 1280 g/mol. The van der Waals surface area contributed by atoms with Crippen LogP contribution in [0.15, 0.2) is 106 Å². The average Bonchev–Trinajstić information content (AvgIpc) is 1.67. The molecule has 3 aliphatic rings. The quantitative estimate of drug-likeness (QED) is 0.0190. The summed E-state index contributed by atoms with van der Waals surface area (Å²) in [4.78, 5) is 126. The fourth-order valence-corrected chi connectivity index (χ4v) is 11.8. The summed E-state index contributed by atoms with van der Waals surface area (Å²) in [5.74, 6) is -6.73. The second kappa shape index (κ2) is 36.0. The van der Waals surface area contributed by atoms with Gasteiger partial charge in [-0.15, -0.1) is 0 Å². The standard InChI is InChI=1S/C65H70N2O21S2/c1-6-53(68)81-36-39(3)80-37-40(4)84-58(73)29-28-56(71)79-33-31-43-10-22-50(23-11-43)86-62(75)45-14-18-47(19-15-45)64(77)88-52-25-24-51(59-60(52)90-65(89-59)48(34-66)35-67)87-63(76)46-16-12-44(13-17-46)61(74)85-49-20-8-42(9-21-49)30-32-78-55(70)26-27-57(72)82-38-41(5)83-54(69)7-2/h6-11,20-25,39-41,44-47H,1-2,12-19,26-33,36-38H2,3-5H3. The Labute approximate surface area is 529 Å². The summed E-state index contributed by atoms with van der Waals surface area (Å²) in [6, 6.07) is 20.2. The number of benzene rings is 3. The first-order valence-corrected chi connectivity index (χ1v) is 30.9. The van der Waals surface area contributed by atoms with E-state index in [1.165, 1.54) is 12.1 Å². The summed E-state index contributed by atoms with van der Waals surface area (Å²) >= 11 is 2.09. The molecule has 90 heavy (non-hydrogen) atoms. The van der Waals surface area contributed by atoms with E-state index >= 15 is 0 Å². The molecule has 25 heteroatoms. The van der Waals surface area contributed by atoms with Gasteiger partial charge in [0.25, 0.3) is 0 Å². The van der Waals surface area contributed by atoms with Gasteiger partial charge in [-0.1, -0.05) is 60.9 Å². The van der Waals surface area contributed by atoms with Gasteiger partial charge in [0.2, 0.25) is 0 Å². The Kier molecular flexibility index (Phi) is 28.1. The van der Waals surface area contributed by atoms with Crippen LogP contribution in [0.1, 0.15) is 109 Å². The highest BCUT2D eigenvalue weighted by Gasteiger charge is 2.37. The Bertz CT molecular complexity index is 3210. The van der Waals surface area contributed by atoms with Crippen molar-refractivity contribution in [3.05, 3.63) is 107 Å². The molecule has 1 aliphatic heterocycles. The van der Waals surface area contributed by atoms with Crippen LogP contribution in [0.2, 0.25) is 0 Å². The number of rotatable bonds is 31. The van der Waals surface area contributed by atoms with Gasteiger partial charge in [0, 0.05) is 25.0 Å². The summed E-state index contributed by atoms with van der Waals surface area (Å²) in [5.41, 5.74) is 1.43. The molecule has 0 N–H and O–H groups in total. The maximum Gasteiger partial charge on any atom is 0.330 e. The number of ether oxygens (including phenoxy) is 11. The Balaban J connectivity index is 0.885. The second-order valence-corrected chi connectivity index (χ2v) is 23.5. The largest absolute Gasteiger partial charge is 0.465 e. The van der Waals surface area contributed by atoms with E-state index in [9.17, 15) is 58.5 Å². The molecule has 6 rings (SSSR count). The lowest BCUT2D eigenvalue weighted by Crippen LogP contribution is -2.30. The Hall–Kier alpha value is -8.78. The predicted octanol–water partition coefficient (Wildman–Crippen LogP) is 9.24. The second-order valence-electron chi connectivity index (χ2n) is 21.2. The van der Waals surface area contributed by atoms with Crippen LogP contribution in [0.5, 0.6) is 23.0 Å². The molecule has 2 aliphatic carbocycles. The summed E-state index contributed by atoms with van der Waals surface area (Å²) < 4.78 is 59.7. The molecule has 0 saturated heterocycles. The van der Waals surface area contributed by atoms with Gasteiger partial charge >= 0.3 is 59.7 Å². The van der Waals surface area contributed by atoms with Crippen molar-refractivity contribution in [1.29, 1.82) is 10.5 Å². The van der Waals surface area contributed by atoms with E-state index in [0.29, 0.717) is 89.7 Å². The molecular weight excluding hydrogens is 1210 g/mol. The summed E-state index contributed by atoms with van der Waals surface area (Å²) in [7, 11) is 0. The number of fused-ring (bicyclic) bond motifs is 1. The van der Waals surface area contributed by atoms with E-state index < -0.39 is 102 Å². The minimum absolute atomic E-state index is 0.0136. The number of hydrogen-bond donors (Lipinski definition) is 0. The Morgan fingerprint density at radius 1 is 0.478 bits per heavy atom. The van der Waals surface area contributed by atoms with Gasteiger partial charge in [0.05, 0.1) is 89.3 Å². The number of allylic oxidation sites excluding steroid dienone is 1. The Morgan fingerprint density at radius 2 is 0.856 bits per heavy atom. The third-order valence-electron chi connectivity index (χ3n) is 14.3. The predicted molar refractivity (Wildman–Crippen MR) is 319 cm³/mol. The molecule has 3 atom stereocenters. The van der Waals surface area contributed by atoms with Crippen LogP contribution >= 0.6 is 23.5 Å². The first-order valence-electron chi connectivity index (χ1n) is 29.3. The van der Waals surface area contributed by atoms with Crippen LogP contribution in [0.4, 0.5) is 0 Å². The van der Waals surface area contributed by atoms with Crippen molar-refractivity contribution in [2.45, 2.75) is 139 Å². The van der Waals surface area contributed by atoms with E-state index in [4.69, 9.17) is 52.1 Å². The number of carbonyl (C=O) groups excluding carboxylic acids is 10. The third kappa shape index (κ3) is 23.0. The molecule has 23 nitrogen and oxygen atoms in total. The van der Waals surface area contributed by atoms with Gasteiger partial charge < -0.3 is 52.1 Å². The zero-order valence-corrected chi connectivity index (χ0v) is 51.7. The van der Waals surface area contributed by atoms with Crippen molar-refractivity contribution >= 4 is 83.2 Å². The SMILES string of the molecule is C=CC(=O)OCC(C)OCC(C)OC(=O)CCC(=O)OCCc1ccc(OC(=O)C2CCC(C(=O)Oc3ccc(OC(=O)C4CCC(C(=O)Oc5ccc(CCOC(=O)CCC(=O)OCC(C)OC(=O)C=C)cc5)CC4)c4c3SC(=C(C#N)C#N)S4)CC2)cc1. The number of thioether (sulfide) groups is 2. The van der Waals surface area contributed by atoms with Crippen molar-refractivity contribution in [3.8, 4) is 35.1 Å². The number of nitriles is 2. The van der Waals surface area contributed by atoms with Gasteiger partial charge in [-0.2, -0.15) is 10.5 Å². The summed E-state index contributed by atoms with van der Waals surface area (Å²) in [6.45, 7) is 11.5. The Morgan fingerprint density at radius 3 is 1.27 bits per heavy atom. The van der Waals surface area contributed by atoms with Crippen molar-refractivity contribution in [3.63, 3.8) is 0 Å². The minimum Gasteiger partial charge on any atom is -0.465 e. The third-order valence-corrected chi connectivity index (χ3v) is 16.9. The van der Waals surface area contributed by atoms with Crippen LogP contribution < -0.4 is 18.9 Å². The number of nitrogens with zero attached hydrogens (tertiary/aromatic N) is 2. The molecule has 0 spiro atoms.